The van der Waals surface area contributed by atoms with E-state index in [2.05, 4.69) is 40.2 Å². The summed E-state index contributed by atoms with van der Waals surface area (Å²) in [5.41, 5.74) is 0.696. The fourth-order valence-corrected chi connectivity index (χ4v) is 1.93. The fourth-order valence-electron chi connectivity index (χ4n) is 1.50. The molecule has 0 aliphatic heterocycles. The van der Waals surface area contributed by atoms with Gasteiger partial charge in [0.25, 0.3) is 5.56 Å². The molecule has 0 bridgehead atoms. The van der Waals surface area contributed by atoms with Crippen LogP contribution in [-0.2, 0) is 6.54 Å². The highest BCUT2D eigenvalue weighted by Gasteiger charge is 2.10. The minimum Gasteiger partial charge on any atom is -0.380 e. The van der Waals surface area contributed by atoms with E-state index in [1.807, 2.05) is 6.92 Å². The Morgan fingerprint density at radius 2 is 2.06 bits per heavy atom. The molecule has 0 saturated heterocycles. The van der Waals surface area contributed by atoms with Crippen LogP contribution in [0.2, 0.25) is 0 Å². The van der Waals surface area contributed by atoms with Crippen molar-refractivity contribution < 1.29 is 0 Å². The lowest BCUT2D eigenvalue weighted by Crippen LogP contribution is -2.26. The lowest BCUT2D eigenvalue weighted by Gasteiger charge is -2.17. The van der Waals surface area contributed by atoms with Gasteiger partial charge in [0.2, 0.25) is 0 Å². The number of hydrogen-bond acceptors (Lipinski definition) is 3. The molecular weight excluding hydrogens is 270 g/mol. The van der Waals surface area contributed by atoms with Gasteiger partial charge in [-0.1, -0.05) is 13.8 Å². The maximum atomic E-state index is 11.8. The lowest BCUT2D eigenvalue weighted by atomic mass is 10.1. The molecule has 0 atom stereocenters. The number of aryl methyl sites for hydroxylation is 1. The van der Waals surface area contributed by atoms with E-state index in [4.69, 9.17) is 0 Å². The minimum atomic E-state index is -0.0848. The second-order valence-electron chi connectivity index (χ2n) is 3.65. The fraction of sp³-hybridized carbons (Fsp3) is 0.636. The normalized spacial score (nSPS) is 10.8. The SMILES string of the molecule is CCC(CC)Nc1cnn(CC)c(=O)c1Br. The average molecular weight is 288 g/mol. The van der Waals surface area contributed by atoms with Crippen molar-refractivity contribution in [1.29, 1.82) is 0 Å². The van der Waals surface area contributed by atoms with Gasteiger partial charge >= 0.3 is 0 Å². The number of aromatic nitrogens is 2. The zero-order chi connectivity index (χ0) is 12.1. The van der Waals surface area contributed by atoms with Crippen molar-refractivity contribution in [2.75, 3.05) is 5.32 Å². The highest BCUT2D eigenvalue weighted by Crippen LogP contribution is 2.18. The number of anilines is 1. The molecule has 90 valence electrons. The number of nitrogens with one attached hydrogen (secondary N) is 1. The summed E-state index contributed by atoms with van der Waals surface area (Å²) in [7, 11) is 0. The molecule has 1 aromatic heterocycles. The van der Waals surface area contributed by atoms with Crippen LogP contribution in [0.3, 0.4) is 0 Å². The Morgan fingerprint density at radius 1 is 1.44 bits per heavy atom. The molecule has 0 radical (unpaired) electrons. The van der Waals surface area contributed by atoms with Crippen LogP contribution in [0.25, 0.3) is 0 Å². The van der Waals surface area contributed by atoms with Gasteiger partial charge in [-0.15, -0.1) is 0 Å². The topological polar surface area (TPSA) is 46.9 Å². The summed E-state index contributed by atoms with van der Waals surface area (Å²) in [6.45, 7) is 6.73. The summed E-state index contributed by atoms with van der Waals surface area (Å²) in [6, 6.07) is 0.384. The first-order valence-electron chi connectivity index (χ1n) is 5.66. The summed E-state index contributed by atoms with van der Waals surface area (Å²) < 4.78 is 2.00. The minimum absolute atomic E-state index is 0.0848. The van der Waals surface area contributed by atoms with Crippen molar-refractivity contribution in [2.45, 2.75) is 46.2 Å². The molecule has 1 aromatic rings. The lowest BCUT2D eigenvalue weighted by molar-refractivity contribution is 0.609. The Kier molecular flexibility index (Phi) is 4.99. The number of hydrogen-bond donors (Lipinski definition) is 1. The van der Waals surface area contributed by atoms with Crippen molar-refractivity contribution in [3.8, 4) is 0 Å². The smallest absolute Gasteiger partial charge is 0.283 e. The first-order chi connectivity index (χ1) is 7.63. The van der Waals surface area contributed by atoms with E-state index in [-0.39, 0.29) is 5.56 Å². The third kappa shape index (κ3) is 2.84. The van der Waals surface area contributed by atoms with Crippen molar-refractivity contribution in [1.82, 2.24) is 9.78 Å². The molecule has 5 heteroatoms. The van der Waals surface area contributed by atoms with Crippen molar-refractivity contribution >= 4 is 21.6 Å². The van der Waals surface area contributed by atoms with Gasteiger partial charge in [0.05, 0.1) is 11.9 Å². The van der Waals surface area contributed by atoms with Gasteiger partial charge in [-0.2, -0.15) is 5.10 Å². The van der Waals surface area contributed by atoms with Crippen LogP contribution in [0.15, 0.2) is 15.5 Å². The maximum Gasteiger partial charge on any atom is 0.283 e. The molecule has 16 heavy (non-hydrogen) atoms. The zero-order valence-electron chi connectivity index (χ0n) is 9.96. The van der Waals surface area contributed by atoms with Gasteiger partial charge in [0.15, 0.2) is 0 Å². The summed E-state index contributed by atoms with van der Waals surface area (Å²) in [5.74, 6) is 0. The van der Waals surface area contributed by atoms with Crippen LogP contribution in [0.4, 0.5) is 5.69 Å². The molecule has 4 nitrogen and oxygen atoms in total. The van der Waals surface area contributed by atoms with Gasteiger partial charge in [-0.3, -0.25) is 4.79 Å². The molecule has 0 saturated carbocycles. The molecule has 0 amide bonds. The van der Waals surface area contributed by atoms with Crippen molar-refractivity contribution in [3.63, 3.8) is 0 Å². The molecule has 1 rings (SSSR count). The molecule has 1 heterocycles. The van der Waals surface area contributed by atoms with Crippen molar-refractivity contribution in [3.05, 3.63) is 21.0 Å². The van der Waals surface area contributed by atoms with Gasteiger partial charge in [0.1, 0.15) is 4.47 Å². The number of nitrogens with zero attached hydrogens (tertiary/aromatic N) is 2. The monoisotopic (exact) mass is 287 g/mol. The first-order valence-corrected chi connectivity index (χ1v) is 6.45. The van der Waals surface area contributed by atoms with Gasteiger partial charge in [0, 0.05) is 12.6 Å². The van der Waals surface area contributed by atoms with E-state index in [0.29, 0.717) is 17.1 Å². The third-order valence-corrected chi connectivity index (χ3v) is 3.40. The van der Waals surface area contributed by atoms with Gasteiger partial charge in [-0.25, -0.2) is 4.68 Å². The first kappa shape index (κ1) is 13.2. The zero-order valence-corrected chi connectivity index (χ0v) is 11.5. The molecular formula is C11H18BrN3O. The maximum absolute atomic E-state index is 11.8. The second-order valence-corrected chi connectivity index (χ2v) is 4.44. The molecule has 1 N–H and O–H groups in total. The second kappa shape index (κ2) is 6.03. The summed E-state index contributed by atoms with van der Waals surface area (Å²) in [4.78, 5) is 11.8. The number of halogens is 1. The molecule has 0 unspecified atom stereocenters. The molecule has 0 aliphatic rings. The summed E-state index contributed by atoms with van der Waals surface area (Å²) in [5, 5.41) is 7.41. The number of rotatable bonds is 5. The van der Waals surface area contributed by atoms with Crippen LogP contribution in [0, 0.1) is 0 Å². The Morgan fingerprint density at radius 3 is 2.56 bits per heavy atom. The predicted octanol–water partition coefficient (Wildman–Crippen LogP) is 2.63. The quantitative estimate of drug-likeness (QED) is 0.906. The van der Waals surface area contributed by atoms with E-state index in [1.165, 1.54) is 4.68 Å². The highest BCUT2D eigenvalue weighted by molar-refractivity contribution is 9.10. The van der Waals surface area contributed by atoms with E-state index in [0.717, 1.165) is 18.5 Å². The van der Waals surface area contributed by atoms with E-state index >= 15 is 0 Å². The van der Waals surface area contributed by atoms with Gasteiger partial charge in [-0.05, 0) is 35.7 Å². The van der Waals surface area contributed by atoms with Crippen LogP contribution in [0.5, 0.6) is 0 Å². The highest BCUT2D eigenvalue weighted by atomic mass is 79.9. The van der Waals surface area contributed by atoms with Gasteiger partial charge < -0.3 is 5.32 Å². The van der Waals surface area contributed by atoms with E-state index in [9.17, 15) is 4.79 Å². The van der Waals surface area contributed by atoms with Crippen LogP contribution >= 0.6 is 15.9 Å². The Labute approximate surface area is 104 Å². The van der Waals surface area contributed by atoms with Crippen molar-refractivity contribution in [2.24, 2.45) is 0 Å². The van der Waals surface area contributed by atoms with Crippen LogP contribution in [0.1, 0.15) is 33.6 Å². The third-order valence-electron chi connectivity index (χ3n) is 2.63. The molecule has 0 fully saturated rings. The summed E-state index contributed by atoms with van der Waals surface area (Å²) >= 11 is 3.32. The Bertz CT molecular complexity index is 399. The average Bonchev–Trinajstić information content (AvgIpc) is 2.31. The molecule has 0 spiro atoms. The molecule has 0 aromatic carbocycles. The Balaban J connectivity index is 2.99. The molecule has 0 aliphatic carbocycles. The van der Waals surface area contributed by atoms with E-state index in [1.54, 1.807) is 6.20 Å². The Hall–Kier alpha value is -0.840. The van der Waals surface area contributed by atoms with Crippen LogP contribution < -0.4 is 10.9 Å². The summed E-state index contributed by atoms with van der Waals surface area (Å²) in [6.07, 6.45) is 3.76. The van der Waals surface area contributed by atoms with E-state index < -0.39 is 0 Å². The largest absolute Gasteiger partial charge is 0.380 e. The predicted molar refractivity (Wildman–Crippen MR) is 69.9 cm³/mol. The van der Waals surface area contributed by atoms with Crippen LogP contribution in [-0.4, -0.2) is 15.8 Å². The standard InChI is InChI=1S/C11H18BrN3O/c1-4-8(5-2)14-9-7-13-15(6-3)11(16)10(9)12/h7-8,14H,4-6H2,1-3H3.